The number of carbonyl (C=O) groups excluding carboxylic acids is 2. The fraction of sp³-hybridized carbons (Fsp3) is 0.429. The Bertz CT molecular complexity index is 1160. The normalized spacial score (nSPS) is 13.7. The van der Waals surface area contributed by atoms with Gasteiger partial charge in [-0.05, 0) is 29.7 Å². The summed E-state index contributed by atoms with van der Waals surface area (Å²) < 4.78 is 90.5. The summed E-state index contributed by atoms with van der Waals surface area (Å²) in [4.78, 5) is 31.2. The highest BCUT2D eigenvalue weighted by molar-refractivity contribution is 6.33. The molecule has 0 fully saturated rings. The van der Waals surface area contributed by atoms with Crippen LogP contribution in [0.4, 0.5) is 48.2 Å². The maximum absolute atomic E-state index is 13.4. The maximum atomic E-state index is 13.4. The van der Waals surface area contributed by atoms with Gasteiger partial charge in [-0.2, -0.15) is 31.3 Å². The summed E-state index contributed by atoms with van der Waals surface area (Å²) in [7, 11) is 0. The second-order valence-electron chi connectivity index (χ2n) is 7.87. The molecule has 0 atom stereocenters. The second-order valence-corrected chi connectivity index (χ2v) is 8.28. The molecule has 37 heavy (non-hydrogen) atoms. The van der Waals surface area contributed by atoms with Gasteiger partial charge in [-0.15, -0.1) is 0 Å². The molecule has 8 nitrogen and oxygen atoms in total. The highest BCUT2D eigenvalue weighted by Crippen LogP contribution is 2.36. The van der Waals surface area contributed by atoms with Gasteiger partial charge < -0.3 is 20.9 Å². The lowest BCUT2D eigenvalue weighted by Crippen LogP contribution is -2.43. The number of hydrogen-bond donors (Lipinski definition) is 3. The summed E-state index contributed by atoms with van der Waals surface area (Å²) in [5.74, 6) is -3.42. The number of hydrogen-bond acceptors (Lipinski definition) is 6. The zero-order chi connectivity index (χ0) is 27.4. The molecule has 0 saturated heterocycles. The van der Waals surface area contributed by atoms with Crippen molar-refractivity contribution in [2.45, 2.75) is 31.7 Å². The maximum Gasteiger partial charge on any atom is 0.471 e. The van der Waals surface area contributed by atoms with Crippen molar-refractivity contribution < 1.29 is 40.3 Å². The van der Waals surface area contributed by atoms with Crippen molar-refractivity contribution >= 4 is 40.9 Å². The van der Waals surface area contributed by atoms with Crippen LogP contribution in [0, 0.1) is 0 Å². The Morgan fingerprint density at radius 1 is 1.08 bits per heavy atom. The van der Waals surface area contributed by atoms with Crippen LogP contribution in [0.3, 0.4) is 0 Å². The second kappa shape index (κ2) is 11.4. The number of carbonyl (C=O) groups is 2. The van der Waals surface area contributed by atoms with E-state index in [1.807, 2.05) is 0 Å². The summed E-state index contributed by atoms with van der Waals surface area (Å²) in [5, 5.41) is 7.36. The summed E-state index contributed by atoms with van der Waals surface area (Å²) >= 11 is 6.22. The van der Waals surface area contributed by atoms with E-state index in [0.29, 0.717) is 22.2 Å². The number of amides is 2. The number of aromatic nitrogens is 2. The fourth-order valence-electron chi connectivity index (χ4n) is 3.50. The van der Waals surface area contributed by atoms with Crippen LogP contribution in [-0.4, -0.2) is 59.2 Å². The minimum absolute atomic E-state index is 0.0163. The van der Waals surface area contributed by atoms with E-state index < -0.39 is 42.2 Å². The molecule has 0 unspecified atom stereocenters. The van der Waals surface area contributed by atoms with E-state index in [1.54, 1.807) is 0 Å². The first-order chi connectivity index (χ1) is 17.3. The van der Waals surface area contributed by atoms with Gasteiger partial charge in [0.2, 0.25) is 11.9 Å². The van der Waals surface area contributed by atoms with Crippen molar-refractivity contribution in [2.75, 3.05) is 36.9 Å². The minimum Gasteiger partial charge on any atom is -0.369 e. The van der Waals surface area contributed by atoms with Crippen LogP contribution >= 0.6 is 11.6 Å². The SMILES string of the molecule is O=C(CCNc1nc(Nc2cc3c(cc2Cl)CN(C(=O)C(F)(F)F)CC3)ncc1C(F)(F)F)NCCF. The number of anilines is 3. The van der Waals surface area contributed by atoms with E-state index in [9.17, 15) is 40.3 Å². The van der Waals surface area contributed by atoms with E-state index in [0.717, 1.165) is 0 Å². The average Bonchev–Trinajstić information content (AvgIpc) is 2.81. The lowest BCUT2D eigenvalue weighted by Gasteiger charge is -2.30. The molecule has 0 saturated carbocycles. The Hall–Kier alpha value is -3.36. The predicted octanol–water partition coefficient (Wildman–Crippen LogP) is 4.23. The first-order valence-electron chi connectivity index (χ1n) is 10.7. The minimum atomic E-state index is -5.01. The number of alkyl halides is 7. The number of rotatable bonds is 8. The predicted molar refractivity (Wildman–Crippen MR) is 119 cm³/mol. The van der Waals surface area contributed by atoms with Gasteiger partial charge >= 0.3 is 18.3 Å². The van der Waals surface area contributed by atoms with Crippen LogP contribution < -0.4 is 16.0 Å². The van der Waals surface area contributed by atoms with Crippen molar-refractivity contribution in [3.63, 3.8) is 0 Å². The van der Waals surface area contributed by atoms with Gasteiger partial charge in [0.05, 0.1) is 10.7 Å². The summed E-state index contributed by atoms with van der Waals surface area (Å²) in [6.07, 6.45) is -9.43. The highest BCUT2D eigenvalue weighted by Gasteiger charge is 2.43. The molecule has 1 aromatic carbocycles. The third-order valence-electron chi connectivity index (χ3n) is 5.23. The standard InChI is InChI=1S/C21H20ClF7N6O2/c22-14-7-12-10-35(18(37)21(27,28)29)6-2-11(12)8-15(14)33-19-32-9-13(20(24,25)26)17(34-19)31-4-1-16(36)30-5-3-23/h7-9H,1-6,10H2,(H,30,36)(H2,31,32,33,34). The number of nitrogens with zero attached hydrogens (tertiary/aromatic N) is 3. The number of benzene rings is 1. The number of fused-ring (bicyclic) bond motifs is 1. The molecule has 3 N–H and O–H groups in total. The Labute approximate surface area is 210 Å². The molecule has 16 heteroatoms. The van der Waals surface area contributed by atoms with Gasteiger partial charge in [0.25, 0.3) is 0 Å². The largest absolute Gasteiger partial charge is 0.471 e. The molecule has 0 bridgehead atoms. The van der Waals surface area contributed by atoms with Gasteiger partial charge in [0.1, 0.15) is 18.1 Å². The van der Waals surface area contributed by atoms with Crippen LogP contribution in [0.25, 0.3) is 0 Å². The quantitative estimate of drug-likeness (QED) is 0.421. The smallest absolute Gasteiger partial charge is 0.369 e. The zero-order valence-electron chi connectivity index (χ0n) is 18.9. The molecule has 3 rings (SSSR count). The van der Waals surface area contributed by atoms with Gasteiger partial charge in [-0.3, -0.25) is 9.59 Å². The molecule has 2 aromatic rings. The van der Waals surface area contributed by atoms with Crippen molar-refractivity contribution in [2.24, 2.45) is 0 Å². The van der Waals surface area contributed by atoms with E-state index in [-0.39, 0.29) is 55.7 Å². The molecule has 2 amide bonds. The van der Waals surface area contributed by atoms with Crippen LogP contribution in [0.5, 0.6) is 0 Å². The van der Waals surface area contributed by atoms with Gasteiger partial charge in [0.15, 0.2) is 0 Å². The summed E-state index contributed by atoms with van der Waals surface area (Å²) in [5.41, 5.74) is -0.0238. The van der Waals surface area contributed by atoms with Crippen LogP contribution in [0.15, 0.2) is 18.3 Å². The topological polar surface area (TPSA) is 99.3 Å². The summed E-state index contributed by atoms with van der Waals surface area (Å²) in [6.45, 7) is -1.72. The first kappa shape index (κ1) is 28.2. The highest BCUT2D eigenvalue weighted by atomic mass is 35.5. The Morgan fingerprint density at radius 2 is 1.81 bits per heavy atom. The van der Waals surface area contributed by atoms with Crippen LogP contribution in [0.1, 0.15) is 23.1 Å². The molecule has 0 spiro atoms. The van der Waals surface area contributed by atoms with E-state index >= 15 is 0 Å². The third kappa shape index (κ3) is 7.33. The lowest BCUT2D eigenvalue weighted by atomic mass is 9.99. The Kier molecular flexibility index (Phi) is 8.66. The van der Waals surface area contributed by atoms with Crippen molar-refractivity contribution in [1.82, 2.24) is 20.2 Å². The van der Waals surface area contributed by atoms with E-state index in [1.165, 1.54) is 12.1 Å². The van der Waals surface area contributed by atoms with Gasteiger partial charge in [-0.25, -0.2) is 9.37 Å². The molecule has 2 heterocycles. The van der Waals surface area contributed by atoms with Crippen LogP contribution in [-0.2, 0) is 28.7 Å². The molecule has 202 valence electrons. The van der Waals surface area contributed by atoms with Gasteiger partial charge in [-0.1, -0.05) is 11.6 Å². The average molecular weight is 557 g/mol. The monoisotopic (exact) mass is 556 g/mol. The fourth-order valence-corrected chi connectivity index (χ4v) is 3.74. The first-order valence-corrected chi connectivity index (χ1v) is 11.1. The van der Waals surface area contributed by atoms with Gasteiger partial charge in [0, 0.05) is 38.8 Å². The van der Waals surface area contributed by atoms with Crippen LogP contribution in [0.2, 0.25) is 5.02 Å². The number of halogens is 8. The zero-order valence-corrected chi connectivity index (χ0v) is 19.6. The Morgan fingerprint density at radius 3 is 2.46 bits per heavy atom. The Balaban J connectivity index is 1.77. The molecular weight excluding hydrogens is 537 g/mol. The number of nitrogens with one attached hydrogen (secondary N) is 3. The molecular formula is C21H20ClF7N6O2. The molecule has 0 radical (unpaired) electrons. The third-order valence-corrected chi connectivity index (χ3v) is 5.55. The van der Waals surface area contributed by atoms with E-state index in [4.69, 9.17) is 11.6 Å². The molecule has 1 aliphatic rings. The van der Waals surface area contributed by atoms with E-state index in [2.05, 4.69) is 25.9 Å². The summed E-state index contributed by atoms with van der Waals surface area (Å²) in [6, 6.07) is 2.85. The molecule has 1 aromatic heterocycles. The molecule has 1 aliphatic heterocycles. The molecule has 0 aliphatic carbocycles. The van der Waals surface area contributed by atoms with Crippen molar-refractivity contribution in [1.29, 1.82) is 0 Å². The van der Waals surface area contributed by atoms with Crippen molar-refractivity contribution in [3.05, 3.63) is 40.0 Å². The lowest BCUT2D eigenvalue weighted by molar-refractivity contribution is -0.186. The van der Waals surface area contributed by atoms with Crippen molar-refractivity contribution in [3.8, 4) is 0 Å².